The second-order valence-corrected chi connectivity index (χ2v) is 6.60. The fraction of sp³-hybridized carbons (Fsp3) is 0.125. The van der Waals surface area contributed by atoms with Crippen molar-refractivity contribution < 1.29 is 14.6 Å². The number of halogens is 2. The Morgan fingerprint density at radius 3 is 2.71 bits per heavy atom. The molecule has 6 nitrogen and oxygen atoms in total. The molecule has 0 aliphatic rings. The third kappa shape index (κ3) is 4.72. The Kier molecular flexibility index (Phi) is 6.22. The lowest BCUT2D eigenvalue weighted by atomic mass is 10.2. The van der Waals surface area contributed by atoms with Crippen LogP contribution < -0.4 is 15.5 Å². The smallest absolute Gasteiger partial charge is 0.339 e. The fourth-order valence-electron chi connectivity index (χ4n) is 1.89. The Morgan fingerprint density at radius 2 is 2.04 bits per heavy atom. The van der Waals surface area contributed by atoms with Crippen LogP contribution in [-0.2, 0) is 0 Å². The van der Waals surface area contributed by atoms with Crippen molar-refractivity contribution in [1.82, 2.24) is 5.43 Å². The maximum absolute atomic E-state index is 11.8. The van der Waals surface area contributed by atoms with Crippen molar-refractivity contribution in [2.45, 2.75) is 6.92 Å². The molecule has 2 rings (SSSR count). The standard InChI is InChI=1S/C16H15Br2N3O3/c1-9-5-12(3-4-13(9)18)20-16(23)21-19-8-10-6-11(17)7-14(24-2)15(10)22/h3-8,22H,1-2H3,(H2,20,21,23)/b19-8+. The number of anilines is 1. The number of carbonyl (C=O) groups excluding carboxylic acids is 1. The lowest BCUT2D eigenvalue weighted by molar-refractivity contribution is 0.252. The fourth-order valence-corrected chi connectivity index (χ4v) is 2.59. The minimum Gasteiger partial charge on any atom is -0.504 e. The van der Waals surface area contributed by atoms with E-state index in [2.05, 4.69) is 47.7 Å². The number of aromatic hydroxyl groups is 1. The average molecular weight is 457 g/mol. The molecule has 0 aliphatic carbocycles. The monoisotopic (exact) mass is 455 g/mol. The van der Waals surface area contributed by atoms with Gasteiger partial charge >= 0.3 is 6.03 Å². The summed E-state index contributed by atoms with van der Waals surface area (Å²) in [6, 6.07) is 8.24. The molecule has 0 unspecified atom stereocenters. The van der Waals surface area contributed by atoms with Crippen LogP contribution in [0.25, 0.3) is 0 Å². The van der Waals surface area contributed by atoms with Gasteiger partial charge in [-0.3, -0.25) is 0 Å². The van der Waals surface area contributed by atoms with E-state index in [0.717, 1.165) is 10.0 Å². The summed E-state index contributed by atoms with van der Waals surface area (Å²) < 4.78 is 6.73. The van der Waals surface area contributed by atoms with E-state index in [1.54, 1.807) is 18.2 Å². The molecular weight excluding hydrogens is 442 g/mol. The first-order valence-corrected chi connectivity index (χ1v) is 8.42. The number of methoxy groups -OCH3 is 1. The highest BCUT2D eigenvalue weighted by Crippen LogP contribution is 2.32. The second-order valence-electron chi connectivity index (χ2n) is 4.83. The van der Waals surface area contributed by atoms with Gasteiger partial charge in [-0.2, -0.15) is 5.10 Å². The number of amides is 2. The predicted octanol–water partition coefficient (Wildman–Crippen LogP) is 4.39. The van der Waals surface area contributed by atoms with Gasteiger partial charge in [-0.05, 0) is 42.8 Å². The van der Waals surface area contributed by atoms with Crippen LogP contribution in [-0.4, -0.2) is 24.5 Å². The van der Waals surface area contributed by atoms with Gasteiger partial charge in [0.2, 0.25) is 0 Å². The van der Waals surface area contributed by atoms with E-state index in [1.807, 2.05) is 19.1 Å². The number of phenolic OH excluding ortho intramolecular Hbond substituents is 1. The molecule has 126 valence electrons. The summed E-state index contributed by atoms with van der Waals surface area (Å²) >= 11 is 6.71. The van der Waals surface area contributed by atoms with Crippen LogP contribution in [0.15, 0.2) is 44.4 Å². The summed E-state index contributed by atoms with van der Waals surface area (Å²) in [5, 5.41) is 16.5. The van der Waals surface area contributed by atoms with Crippen molar-refractivity contribution in [3.63, 3.8) is 0 Å². The van der Waals surface area contributed by atoms with Crippen molar-refractivity contribution in [2.75, 3.05) is 12.4 Å². The molecule has 0 atom stereocenters. The Bertz CT molecular complexity index is 794. The Balaban J connectivity index is 2.02. The van der Waals surface area contributed by atoms with Crippen LogP contribution in [0.1, 0.15) is 11.1 Å². The Morgan fingerprint density at radius 1 is 1.29 bits per heavy atom. The van der Waals surface area contributed by atoms with Crippen molar-refractivity contribution in [1.29, 1.82) is 0 Å². The number of urea groups is 1. The lowest BCUT2D eigenvalue weighted by Gasteiger charge is -2.07. The SMILES string of the molecule is COc1cc(Br)cc(/C=N/NC(=O)Nc2ccc(Br)c(C)c2)c1O. The molecule has 0 radical (unpaired) electrons. The van der Waals surface area contributed by atoms with Crippen LogP contribution in [0, 0.1) is 6.92 Å². The molecule has 2 amide bonds. The van der Waals surface area contributed by atoms with Crippen LogP contribution in [0.4, 0.5) is 10.5 Å². The molecule has 0 spiro atoms. The van der Waals surface area contributed by atoms with Crippen LogP contribution in [0.3, 0.4) is 0 Å². The molecule has 0 bridgehead atoms. The summed E-state index contributed by atoms with van der Waals surface area (Å²) in [7, 11) is 1.45. The summed E-state index contributed by atoms with van der Waals surface area (Å²) in [4.78, 5) is 11.8. The first kappa shape index (κ1) is 18.3. The average Bonchev–Trinajstić information content (AvgIpc) is 2.53. The van der Waals surface area contributed by atoms with Gasteiger partial charge in [0.15, 0.2) is 11.5 Å². The molecule has 0 fully saturated rings. The number of hydrogen-bond acceptors (Lipinski definition) is 4. The molecule has 0 heterocycles. The number of ether oxygens (including phenoxy) is 1. The van der Waals surface area contributed by atoms with Gasteiger partial charge in [0, 0.05) is 20.2 Å². The van der Waals surface area contributed by atoms with E-state index in [-0.39, 0.29) is 5.75 Å². The zero-order valence-electron chi connectivity index (χ0n) is 12.9. The van der Waals surface area contributed by atoms with Gasteiger partial charge < -0.3 is 15.2 Å². The van der Waals surface area contributed by atoms with Gasteiger partial charge in [0.05, 0.1) is 13.3 Å². The van der Waals surface area contributed by atoms with Crippen molar-refractivity contribution in [3.8, 4) is 11.5 Å². The van der Waals surface area contributed by atoms with Gasteiger partial charge in [0.25, 0.3) is 0 Å². The van der Waals surface area contributed by atoms with Crippen LogP contribution in [0.2, 0.25) is 0 Å². The summed E-state index contributed by atoms with van der Waals surface area (Å²) in [5.41, 5.74) is 4.39. The normalized spacial score (nSPS) is 10.7. The number of hydrogen-bond donors (Lipinski definition) is 3. The summed E-state index contributed by atoms with van der Waals surface area (Å²) in [6.45, 7) is 1.93. The van der Waals surface area contributed by atoms with Crippen molar-refractivity contribution in [3.05, 3.63) is 50.4 Å². The number of nitrogens with zero attached hydrogens (tertiary/aromatic N) is 1. The van der Waals surface area contributed by atoms with Crippen molar-refractivity contribution in [2.24, 2.45) is 5.10 Å². The summed E-state index contributed by atoms with van der Waals surface area (Å²) in [6.07, 6.45) is 1.33. The molecule has 0 saturated carbocycles. The third-order valence-corrected chi connectivity index (χ3v) is 4.42. The summed E-state index contributed by atoms with van der Waals surface area (Å²) in [5.74, 6) is 0.246. The topological polar surface area (TPSA) is 83.0 Å². The number of rotatable bonds is 4. The van der Waals surface area contributed by atoms with Crippen LogP contribution in [0.5, 0.6) is 11.5 Å². The minimum atomic E-state index is -0.491. The highest BCUT2D eigenvalue weighted by atomic mass is 79.9. The number of benzene rings is 2. The maximum Gasteiger partial charge on any atom is 0.339 e. The molecule has 3 N–H and O–H groups in total. The Labute approximate surface area is 156 Å². The lowest BCUT2D eigenvalue weighted by Crippen LogP contribution is -2.24. The maximum atomic E-state index is 11.8. The van der Waals surface area contributed by atoms with Gasteiger partial charge in [-0.15, -0.1) is 0 Å². The van der Waals surface area contributed by atoms with E-state index in [4.69, 9.17) is 4.74 Å². The molecule has 24 heavy (non-hydrogen) atoms. The van der Waals surface area contributed by atoms with Crippen LogP contribution >= 0.6 is 31.9 Å². The predicted molar refractivity (Wildman–Crippen MR) is 101 cm³/mol. The Hall–Kier alpha value is -2.06. The molecule has 8 heteroatoms. The molecule has 0 saturated heterocycles. The number of carbonyl (C=O) groups is 1. The van der Waals surface area contributed by atoms with Gasteiger partial charge in [-0.25, -0.2) is 10.2 Å². The number of hydrazone groups is 1. The number of aryl methyl sites for hydroxylation is 1. The number of nitrogens with one attached hydrogen (secondary N) is 2. The van der Waals surface area contributed by atoms with Crippen molar-refractivity contribution >= 4 is 49.8 Å². The highest BCUT2D eigenvalue weighted by molar-refractivity contribution is 9.10. The molecule has 0 aromatic heterocycles. The van der Waals surface area contributed by atoms with Gasteiger partial charge in [-0.1, -0.05) is 31.9 Å². The molecule has 0 aliphatic heterocycles. The second kappa shape index (κ2) is 8.16. The van der Waals surface area contributed by atoms with E-state index >= 15 is 0 Å². The van der Waals surface area contributed by atoms with E-state index < -0.39 is 6.03 Å². The number of phenols is 1. The zero-order chi connectivity index (χ0) is 17.7. The van der Waals surface area contributed by atoms with E-state index in [1.165, 1.54) is 13.3 Å². The van der Waals surface area contributed by atoms with E-state index in [0.29, 0.717) is 21.5 Å². The first-order chi connectivity index (χ1) is 11.4. The largest absolute Gasteiger partial charge is 0.504 e. The van der Waals surface area contributed by atoms with E-state index in [9.17, 15) is 9.90 Å². The highest BCUT2D eigenvalue weighted by Gasteiger charge is 2.08. The molecule has 2 aromatic rings. The quantitative estimate of drug-likeness (QED) is 0.471. The third-order valence-electron chi connectivity index (χ3n) is 3.07. The molecular formula is C16H15Br2N3O3. The first-order valence-electron chi connectivity index (χ1n) is 6.83. The minimum absolute atomic E-state index is 0.0600. The zero-order valence-corrected chi connectivity index (χ0v) is 16.1. The molecule has 2 aromatic carbocycles. The van der Waals surface area contributed by atoms with Gasteiger partial charge in [0.1, 0.15) is 0 Å².